The maximum atomic E-state index is 12.2. The van der Waals surface area contributed by atoms with Crippen LogP contribution in [0, 0.1) is 5.92 Å². The van der Waals surface area contributed by atoms with Crippen LogP contribution < -0.4 is 10.1 Å². The SMILES string of the molecule is O=C(NCc1ccc(OCC2CC2)nc1)c1cc(-c2ccncc2)on1. The minimum atomic E-state index is -0.303. The third-order valence-corrected chi connectivity index (χ3v) is 4.12. The minimum Gasteiger partial charge on any atom is -0.477 e. The molecule has 7 heteroatoms. The summed E-state index contributed by atoms with van der Waals surface area (Å²) >= 11 is 0. The predicted molar refractivity (Wildman–Crippen MR) is 93.4 cm³/mol. The summed E-state index contributed by atoms with van der Waals surface area (Å²) in [5.74, 6) is 1.53. The Bertz CT molecular complexity index is 873. The van der Waals surface area contributed by atoms with Gasteiger partial charge in [-0.1, -0.05) is 11.2 Å². The minimum absolute atomic E-state index is 0.231. The van der Waals surface area contributed by atoms with Gasteiger partial charge in [-0.25, -0.2) is 4.98 Å². The van der Waals surface area contributed by atoms with Crippen molar-refractivity contribution in [3.63, 3.8) is 0 Å². The quantitative estimate of drug-likeness (QED) is 0.705. The lowest BCUT2D eigenvalue weighted by molar-refractivity contribution is 0.0942. The zero-order valence-corrected chi connectivity index (χ0v) is 14.1. The molecule has 1 saturated carbocycles. The molecule has 3 heterocycles. The highest BCUT2D eigenvalue weighted by atomic mass is 16.5. The number of hydrogen-bond donors (Lipinski definition) is 1. The summed E-state index contributed by atoms with van der Waals surface area (Å²) in [7, 11) is 0. The number of carbonyl (C=O) groups excluding carboxylic acids is 1. The second-order valence-corrected chi connectivity index (χ2v) is 6.25. The molecule has 3 aromatic heterocycles. The maximum absolute atomic E-state index is 12.2. The molecule has 3 aromatic rings. The van der Waals surface area contributed by atoms with Crippen LogP contribution in [0.5, 0.6) is 5.88 Å². The van der Waals surface area contributed by atoms with E-state index in [1.54, 1.807) is 36.8 Å². The first-order valence-electron chi connectivity index (χ1n) is 8.51. The van der Waals surface area contributed by atoms with Gasteiger partial charge in [0.2, 0.25) is 5.88 Å². The van der Waals surface area contributed by atoms with Gasteiger partial charge in [0.05, 0.1) is 6.61 Å². The molecule has 0 saturated heterocycles. The topological polar surface area (TPSA) is 90.1 Å². The van der Waals surface area contributed by atoms with Gasteiger partial charge < -0.3 is 14.6 Å². The smallest absolute Gasteiger partial charge is 0.273 e. The van der Waals surface area contributed by atoms with E-state index in [2.05, 4.69) is 20.4 Å². The van der Waals surface area contributed by atoms with Crippen molar-refractivity contribution in [1.29, 1.82) is 0 Å². The number of pyridine rings is 2. The van der Waals surface area contributed by atoms with Crippen molar-refractivity contribution in [2.24, 2.45) is 5.92 Å². The molecule has 1 aliphatic carbocycles. The highest BCUT2D eigenvalue weighted by Gasteiger charge is 2.22. The number of ether oxygens (including phenoxy) is 1. The lowest BCUT2D eigenvalue weighted by Gasteiger charge is -2.06. The van der Waals surface area contributed by atoms with Gasteiger partial charge in [0.1, 0.15) is 0 Å². The summed E-state index contributed by atoms with van der Waals surface area (Å²) in [6.45, 7) is 1.08. The Morgan fingerprint density at radius 3 is 2.81 bits per heavy atom. The van der Waals surface area contributed by atoms with Crippen molar-refractivity contribution in [3.05, 3.63) is 60.2 Å². The van der Waals surface area contributed by atoms with Gasteiger partial charge in [-0.3, -0.25) is 9.78 Å². The molecule has 4 rings (SSSR count). The molecule has 0 radical (unpaired) electrons. The Kier molecular flexibility index (Phi) is 4.59. The second kappa shape index (κ2) is 7.35. The molecule has 0 bridgehead atoms. The zero-order valence-electron chi connectivity index (χ0n) is 14.1. The van der Waals surface area contributed by atoms with Crippen LogP contribution in [0.25, 0.3) is 11.3 Å². The molecule has 1 fully saturated rings. The molecular weight excluding hydrogens is 332 g/mol. The summed E-state index contributed by atoms with van der Waals surface area (Å²) in [4.78, 5) is 20.4. The first kappa shape index (κ1) is 16.3. The highest BCUT2D eigenvalue weighted by molar-refractivity contribution is 5.93. The van der Waals surface area contributed by atoms with E-state index in [0.29, 0.717) is 24.1 Å². The van der Waals surface area contributed by atoms with Crippen molar-refractivity contribution >= 4 is 5.91 Å². The standard InChI is InChI=1S/C19H18N4O3/c24-19(16-9-17(26-23-16)15-5-7-20-8-6-15)22-11-14-3-4-18(21-10-14)25-12-13-1-2-13/h3-10,13H,1-2,11-12H2,(H,22,24). The first-order valence-corrected chi connectivity index (χ1v) is 8.51. The van der Waals surface area contributed by atoms with Crippen LogP contribution in [0.1, 0.15) is 28.9 Å². The van der Waals surface area contributed by atoms with E-state index in [9.17, 15) is 4.79 Å². The summed E-state index contributed by atoms with van der Waals surface area (Å²) in [6.07, 6.45) is 7.50. The van der Waals surface area contributed by atoms with Gasteiger partial charge >= 0.3 is 0 Å². The molecule has 7 nitrogen and oxygen atoms in total. The van der Waals surface area contributed by atoms with Crippen molar-refractivity contribution in [3.8, 4) is 17.2 Å². The molecule has 1 N–H and O–H groups in total. The van der Waals surface area contributed by atoms with Crippen LogP contribution >= 0.6 is 0 Å². The Morgan fingerprint density at radius 1 is 1.23 bits per heavy atom. The third kappa shape index (κ3) is 4.05. The van der Waals surface area contributed by atoms with Gasteiger partial charge in [-0.2, -0.15) is 0 Å². The molecule has 0 atom stereocenters. The van der Waals surface area contributed by atoms with E-state index in [1.807, 2.05) is 12.1 Å². The summed E-state index contributed by atoms with van der Waals surface area (Å²) in [6, 6.07) is 8.90. The van der Waals surface area contributed by atoms with E-state index in [4.69, 9.17) is 9.26 Å². The number of carbonyl (C=O) groups is 1. The number of nitrogens with one attached hydrogen (secondary N) is 1. The molecule has 1 aliphatic rings. The fourth-order valence-electron chi connectivity index (χ4n) is 2.40. The average molecular weight is 350 g/mol. The molecule has 132 valence electrons. The fourth-order valence-corrected chi connectivity index (χ4v) is 2.40. The lowest BCUT2D eigenvalue weighted by Crippen LogP contribution is -2.23. The number of amides is 1. The molecule has 26 heavy (non-hydrogen) atoms. The van der Waals surface area contributed by atoms with Crippen molar-refractivity contribution in [2.45, 2.75) is 19.4 Å². The lowest BCUT2D eigenvalue weighted by atomic mass is 10.2. The molecule has 0 aliphatic heterocycles. The van der Waals surface area contributed by atoms with Crippen LogP contribution in [-0.2, 0) is 6.54 Å². The van der Waals surface area contributed by atoms with Crippen LogP contribution in [-0.4, -0.2) is 27.6 Å². The van der Waals surface area contributed by atoms with Gasteiger partial charge in [-0.15, -0.1) is 0 Å². The predicted octanol–water partition coefficient (Wildman–Crippen LogP) is 2.85. The summed E-state index contributed by atoms with van der Waals surface area (Å²) in [5.41, 5.74) is 1.93. The normalized spacial score (nSPS) is 13.4. The van der Waals surface area contributed by atoms with Crippen LogP contribution in [0.2, 0.25) is 0 Å². The van der Waals surface area contributed by atoms with Crippen LogP contribution in [0.15, 0.2) is 53.4 Å². The van der Waals surface area contributed by atoms with E-state index < -0.39 is 0 Å². The molecular formula is C19H18N4O3. The molecule has 0 aromatic carbocycles. The number of aromatic nitrogens is 3. The van der Waals surface area contributed by atoms with Crippen molar-refractivity contribution in [1.82, 2.24) is 20.4 Å². The number of hydrogen-bond acceptors (Lipinski definition) is 6. The Hall–Kier alpha value is -3.22. The van der Waals surface area contributed by atoms with Crippen LogP contribution in [0.4, 0.5) is 0 Å². The monoisotopic (exact) mass is 350 g/mol. The molecule has 0 unspecified atom stereocenters. The van der Waals surface area contributed by atoms with E-state index in [-0.39, 0.29) is 11.6 Å². The summed E-state index contributed by atoms with van der Waals surface area (Å²) in [5, 5.41) is 6.63. The highest BCUT2D eigenvalue weighted by Crippen LogP contribution is 2.29. The Balaban J connectivity index is 1.31. The van der Waals surface area contributed by atoms with Gasteiger partial charge in [-0.05, 0) is 36.5 Å². The van der Waals surface area contributed by atoms with Crippen molar-refractivity contribution in [2.75, 3.05) is 6.61 Å². The third-order valence-electron chi connectivity index (χ3n) is 4.12. The second-order valence-electron chi connectivity index (χ2n) is 6.25. The van der Waals surface area contributed by atoms with E-state index >= 15 is 0 Å². The molecule has 0 spiro atoms. The average Bonchev–Trinajstić information content (AvgIpc) is 3.39. The maximum Gasteiger partial charge on any atom is 0.273 e. The Morgan fingerprint density at radius 2 is 2.08 bits per heavy atom. The number of nitrogens with zero attached hydrogens (tertiary/aromatic N) is 3. The Labute approximate surface area is 150 Å². The van der Waals surface area contributed by atoms with E-state index in [1.165, 1.54) is 12.8 Å². The van der Waals surface area contributed by atoms with Gasteiger partial charge in [0.15, 0.2) is 11.5 Å². The molecule has 1 amide bonds. The van der Waals surface area contributed by atoms with Crippen molar-refractivity contribution < 1.29 is 14.1 Å². The number of rotatable bonds is 7. The summed E-state index contributed by atoms with van der Waals surface area (Å²) < 4.78 is 10.8. The largest absolute Gasteiger partial charge is 0.477 e. The van der Waals surface area contributed by atoms with E-state index in [0.717, 1.165) is 17.7 Å². The van der Waals surface area contributed by atoms with Crippen LogP contribution in [0.3, 0.4) is 0 Å². The van der Waals surface area contributed by atoms with Gasteiger partial charge in [0.25, 0.3) is 5.91 Å². The zero-order chi connectivity index (χ0) is 17.8. The fraction of sp³-hybridized carbons (Fsp3) is 0.263. The van der Waals surface area contributed by atoms with Gasteiger partial charge in [0, 0.05) is 42.8 Å². The first-order chi connectivity index (χ1) is 12.8.